The van der Waals surface area contributed by atoms with E-state index in [4.69, 9.17) is 0 Å². The first-order valence-corrected chi connectivity index (χ1v) is 5.64. The lowest BCUT2D eigenvalue weighted by atomic mass is 9.82. The first-order valence-electron chi connectivity index (χ1n) is 4.67. The van der Waals surface area contributed by atoms with E-state index in [0.717, 1.165) is 11.3 Å². The summed E-state index contributed by atoms with van der Waals surface area (Å²) in [6.07, 6.45) is 5.86. The van der Waals surface area contributed by atoms with Crippen LogP contribution in [-0.4, -0.2) is 16.2 Å². The Labute approximate surface area is 83.0 Å². The maximum Gasteiger partial charge on any atom is 0.0201 e. The van der Waals surface area contributed by atoms with Crippen molar-refractivity contribution in [2.75, 3.05) is 13.1 Å². The number of hydrogen-bond donors (Lipinski definition) is 0. The van der Waals surface area contributed by atoms with Crippen molar-refractivity contribution in [1.29, 1.82) is 0 Å². The molecular formula is C9H16IN. The predicted octanol–water partition coefficient (Wildman–Crippen LogP) is 2.85. The smallest absolute Gasteiger partial charge is 0.0201 e. The molecule has 0 aromatic rings. The molecule has 0 bridgehead atoms. The highest BCUT2D eigenvalue weighted by Crippen LogP contribution is 2.57. The Balaban J connectivity index is 2.02. The van der Waals surface area contributed by atoms with E-state index < -0.39 is 0 Å². The molecule has 1 spiro atoms. The first kappa shape index (κ1) is 8.30. The Hall–Kier alpha value is 0.690. The standard InChI is InChI=1S/C9H16IN/c1-2-8-3-6-11(10)7-9(8)4-5-9/h8H,2-7H2,1H3/t8-/m0/s1. The van der Waals surface area contributed by atoms with E-state index in [-0.39, 0.29) is 0 Å². The number of rotatable bonds is 1. The van der Waals surface area contributed by atoms with Crippen LogP contribution in [0, 0.1) is 11.3 Å². The Morgan fingerprint density at radius 1 is 1.55 bits per heavy atom. The van der Waals surface area contributed by atoms with Gasteiger partial charge in [-0.15, -0.1) is 0 Å². The molecule has 0 amide bonds. The van der Waals surface area contributed by atoms with Crippen LogP contribution in [0.2, 0.25) is 0 Å². The van der Waals surface area contributed by atoms with Gasteiger partial charge in [-0.25, -0.2) is 3.11 Å². The summed E-state index contributed by atoms with van der Waals surface area (Å²) < 4.78 is 2.48. The van der Waals surface area contributed by atoms with Gasteiger partial charge < -0.3 is 0 Å². The van der Waals surface area contributed by atoms with Gasteiger partial charge in [0.05, 0.1) is 0 Å². The van der Waals surface area contributed by atoms with E-state index >= 15 is 0 Å². The topological polar surface area (TPSA) is 3.24 Å². The lowest BCUT2D eigenvalue weighted by Crippen LogP contribution is -2.36. The quantitative estimate of drug-likeness (QED) is 0.520. The van der Waals surface area contributed by atoms with Crippen LogP contribution in [0.25, 0.3) is 0 Å². The van der Waals surface area contributed by atoms with E-state index in [0.29, 0.717) is 0 Å². The minimum Gasteiger partial charge on any atom is -0.247 e. The van der Waals surface area contributed by atoms with Gasteiger partial charge in [0, 0.05) is 36.0 Å². The molecule has 0 N–H and O–H groups in total. The minimum atomic E-state index is 0.786. The largest absolute Gasteiger partial charge is 0.247 e. The van der Waals surface area contributed by atoms with Crippen molar-refractivity contribution < 1.29 is 0 Å². The van der Waals surface area contributed by atoms with Crippen molar-refractivity contribution in [1.82, 2.24) is 3.11 Å². The van der Waals surface area contributed by atoms with Crippen LogP contribution in [0.5, 0.6) is 0 Å². The molecule has 1 aliphatic heterocycles. The highest BCUT2D eigenvalue weighted by Gasteiger charge is 2.50. The molecule has 0 aromatic carbocycles. The fourth-order valence-corrected chi connectivity index (χ4v) is 3.47. The Bertz CT molecular complexity index is 154. The maximum atomic E-state index is 2.48. The van der Waals surface area contributed by atoms with Gasteiger partial charge in [0.1, 0.15) is 0 Å². The van der Waals surface area contributed by atoms with Crippen LogP contribution < -0.4 is 0 Å². The van der Waals surface area contributed by atoms with Crippen LogP contribution >= 0.6 is 22.9 Å². The van der Waals surface area contributed by atoms with Gasteiger partial charge in [0.25, 0.3) is 0 Å². The zero-order valence-electron chi connectivity index (χ0n) is 7.15. The van der Waals surface area contributed by atoms with Crippen LogP contribution in [0.1, 0.15) is 32.6 Å². The molecule has 11 heavy (non-hydrogen) atoms. The van der Waals surface area contributed by atoms with Crippen LogP contribution in [0.15, 0.2) is 0 Å². The lowest BCUT2D eigenvalue weighted by Gasteiger charge is -2.35. The highest BCUT2D eigenvalue weighted by atomic mass is 127. The molecule has 64 valence electrons. The summed E-state index contributed by atoms with van der Waals surface area (Å²) in [5.41, 5.74) is 0.786. The highest BCUT2D eigenvalue weighted by molar-refractivity contribution is 14.1. The molecule has 1 aliphatic carbocycles. The van der Waals surface area contributed by atoms with Gasteiger partial charge >= 0.3 is 0 Å². The van der Waals surface area contributed by atoms with E-state index in [1.165, 1.54) is 38.8 Å². The monoisotopic (exact) mass is 265 g/mol. The van der Waals surface area contributed by atoms with Gasteiger partial charge in [-0.3, -0.25) is 0 Å². The Kier molecular flexibility index (Phi) is 2.17. The third-order valence-electron chi connectivity index (χ3n) is 3.46. The predicted molar refractivity (Wildman–Crippen MR) is 55.7 cm³/mol. The molecule has 0 unspecified atom stereocenters. The van der Waals surface area contributed by atoms with Crippen molar-refractivity contribution in [3.8, 4) is 0 Å². The molecule has 2 heteroatoms. The summed E-state index contributed by atoms with van der Waals surface area (Å²) in [5, 5.41) is 0. The first-order chi connectivity index (χ1) is 5.27. The summed E-state index contributed by atoms with van der Waals surface area (Å²) >= 11 is 2.48. The Morgan fingerprint density at radius 3 is 2.82 bits per heavy atom. The van der Waals surface area contributed by atoms with Crippen LogP contribution in [0.4, 0.5) is 0 Å². The van der Waals surface area contributed by atoms with Gasteiger partial charge in [-0.2, -0.15) is 0 Å². The van der Waals surface area contributed by atoms with Crippen LogP contribution in [-0.2, 0) is 0 Å². The third-order valence-corrected chi connectivity index (χ3v) is 4.28. The van der Waals surface area contributed by atoms with E-state index in [9.17, 15) is 0 Å². The average molecular weight is 265 g/mol. The van der Waals surface area contributed by atoms with Gasteiger partial charge in [-0.1, -0.05) is 13.3 Å². The lowest BCUT2D eigenvalue weighted by molar-refractivity contribution is 0.180. The molecule has 0 aromatic heterocycles. The fourth-order valence-electron chi connectivity index (χ4n) is 2.52. The maximum absolute atomic E-state index is 2.48. The molecule has 2 aliphatic rings. The summed E-state index contributed by atoms with van der Waals surface area (Å²) in [7, 11) is 0. The number of nitrogens with zero attached hydrogens (tertiary/aromatic N) is 1. The van der Waals surface area contributed by atoms with Gasteiger partial charge in [0.2, 0.25) is 0 Å². The van der Waals surface area contributed by atoms with Crippen molar-refractivity contribution in [3.05, 3.63) is 0 Å². The van der Waals surface area contributed by atoms with E-state index in [2.05, 4.69) is 32.9 Å². The van der Waals surface area contributed by atoms with Gasteiger partial charge in [-0.05, 0) is 30.6 Å². The summed E-state index contributed by atoms with van der Waals surface area (Å²) in [5.74, 6) is 1.05. The summed E-state index contributed by atoms with van der Waals surface area (Å²) in [4.78, 5) is 0. The molecule has 1 heterocycles. The molecule has 2 rings (SSSR count). The van der Waals surface area contributed by atoms with Crippen LogP contribution in [0.3, 0.4) is 0 Å². The summed E-state index contributed by atoms with van der Waals surface area (Å²) in [6.45, 7) is 5.04. The summed E-state index contributed by atoms with van der Waals surface area (Å²) in [6, 6.07) is 0. The number of halogens is 1. The van der Waals surface area contributed by atoms with Crippen molar-refractivity contribution >= 4 is 22.9 Å². The SMILES string of the molecule is CC[C@H]1CCN(I)CC12CC2. The molecule has 2 fully saturated rings. The molecule has 1 saturated carbocycles. The Morgan fingerprint density at radius 2 is 2.27 bits per heavy atom. The second-order valence-corrected chi connectivity index (χ2v) is 5.47. The van der Waals surface area contributed by atoms with Gasteiger partial charge in [0.15, 0.2) is 0 Å². The molecule has 1 nitrogen and oxygen atoms in total. The number of piperidine rings is 1. The second kappa shape index (κ2) is 2.87. The molecule has 1 saturated heterocycles. The van der Waals surface area contributed by atoms with E-state index in [1.54, 1.807) is 0 Å². The third kappa shape index (κ3) is 1.44. The minimum absolute atomic E-state index is 0.786. The van der Waals surface area contributed by atoms with Crippen molar-refractivity contribution in [2.24, 2.45) is 11.3 Å². The van der Waals surface area contributed by atoms with E-state index in [1.807, 2.05) is 0 Å². The van der Waals surface area contributed by atoms with Crippen molar-refractivity contribution in [3.63, 3.8) is 0 Å². The normalized spacial score (nSPS) is 36.0. The number of hydrogen-bond acceptors (Lipinski definition) is 1. The second-order valence-electron chi connectivity index (χ2n) is 4.10. The molecular weight excluding hydrogens is 249 g/mol. The zero-order chi connectivity index (χ0) is 7.90. The average Bonchev–Trinajstić information content (AvgIpc) is 2.70. The van der Waals surface area contributed by atoms with Crippen molar-refractivity contribution in [2.45, 2.75) is 32.6 Å². The zero-order valence-corrected chi connectivity index (χ0v) is 9.30. The fraction of sp³-hybridized carbons (Fsp3) is 1.00. The molecule has 1 atom stereocenters. The molecule has 0 radical (unpaired) electrons.